The lowest BCUT2D eigenvalue weighted by atomic mass is 9.67. The van der Waals surface area contributed by atoms with Crippen molar-refractivity contribution in [2.45, 2.75) is 43.4 Å². The summed E-state index contributed by atoms with van der Waals surface area (Å²) >= 11 is 0. The topological polar surface area (TPSA) is 3.24 Å². The Hall–Kier alpha value is -6.96. The van der Waals surface area contributed by atoms with Crippen LogP contribution in [0.15, 0.2) is 218 Å². The van der Waals surface area contributed by atoms with Crippen LogP contribution in [0.2, 0.25) is 0 Å². The van der Waals surface area contributed by atoms with Crippen LogP contribution in [0.4, 0.5) is 17.1 Å². The molecule has 2 aliphatic rings. The molecule has 2 aliphatic carbocycles. The fraction of sp³-hybridized carbons (Fsp3) is 0.119. The lowest BCUT2D eigenvalue weighted by molar-refractivity contribution is 0.445. The Morgan fingerprint density at radius 1 is 0.383 bits per heavy atom. The van der Waals surface area contributed by atoms with Crippen LogP contribution in [-0.4, -0.2) is 0 Å². The van der Waals surface area contributed by atoms with Gasteiger partial charge in [0.05, 0.1) is 11.1 Å². The fourth-order valence-corrected chi connectivity index (χ4v) is 10.7. The van der Waals surface area contributed by atoms with Gasteiger partial charge < -0.3 is 4.90 Å². The molecule has 9 aromatic rings. The maximum Gasteiger partial charge on any atom is 0.0714 e. The van der Waals surface area contributed by atoms with Crippen molar-refractivity contribution in [3.63, 3.8) is 0 Å². The minimum Gasteiger partial charge on any atom is -0.310 e. The van der Waals surface area contributed by atoms with E-state index in [0.717, 1.165) is 17.1 Å². The Labute approximate surface area is 354 Å². The van der Waals surface area contributed by atoms with Crippen molar-refractivity contribution in [2.75, 3.05) is 4.90 Å². The van der Waals surface area contributed by atoms with Gasteiger partial charge in [0.1, 0.15) is 0 Å². The highest BCUT2D eigenvalue weighted by Crippen LogP contribution is 2.57. The largest absolute Gasteiger partial charge is 0.310 e. The summed E-state index contributed by atoms with van der Waals surface area (Å²) in [6.07, 6.45) is 6.48. The third-order valence-electron chi connectivity index (χ3n) is 13.3. The van der Waals surface area contributed by atoms with Crippen molar-refractivity contribution in [1.82, 2.24) is 0 Å². The van der Waals surface area contributed by atoms with Gasteiger partial charge in [-0.15, -0.1) is 0 Å². The van der Waals surface area contributed by atoms with Crippen molar-refractivity contribution >= 4 is 27.8 Å². The predicted octanol–water partition coefficient (Wildman–Crippen LogP) is 16.1. The molecule has 1 saturated carbocycles. The van der Waals surface area contributed by atoms with Crippen molar-refractivity contribution in [3.05, 3.63) is 246 Å². The molecule has 9 aromatic carbocycles. The van der Waals surface area contributed by atoms with Crippen molar-refractivity contribution in [2.24, 2.45) is 0 Å². The third-order valence-corrected chi connectivity index (χ3v) is 13.3. The van der Waals surface area contributed by atoms with Gasteiger partial charge in [0, 0.05) is 16.9 Å². The number of fused-ring (bicyclic) bond motifs is 4. The Morgan fingerprint density at radius 3 is 1.65 bits per heavy atom. The maximum atomic E-state index is 2.50. The first kappa shape index (κ1) is 36.1. The zero-order chi connectivity index (χ0) is 39.9. The minimum atomic E-state index is -0.503. The molecule has 0 spiro atoms. The Morgan fingerprint density at radius 2 is 0.933 bits per heavy atom. The fourth-order valence-electron chi connectivity index (χ4n) is 10.7. The zero-order valence-electron chi connectivity index (χ0n) is 33.8. The second kappa shape index (κ2) is 15.3. The number of para-hydroxylation sites is 1. The maximum absolute atomic E-state index is 2.50. The van der Waals surface area contributed by atoms with E-state index in [1.807, 2.05) is 0 Å². The zero-order valence-corrected chi connectivity index (χ0v) is 33.8. The van der Waals surface area contributed by atoms with Gasteiger partial charge in [-0.25, -0.2) is 0 Å². The second-order valence-electron chi connectivity index (χ2n) is 16.6. The average Bonchev–Trinajstić information content (AvgIpc) is 3.64. The van der Waals surface area contributed by atoms with Crippen LogP contribution in [0, 0.1) is 0 Å². The van der Waals surface area contributed by atoms with Gasteiger partial charge in [0.2, 0.25) is 0 Å². The molecule has 0 N–H and O–H groups in total. The van der Waals surface area contributed by atoms with E-state index in [1.165, 1.54) is 104 Å². The molecule has 0 bridgehead atoms. The Balaban J connectivity index is 1.15. The summed E-state index contributed by atoms with van der Waals surface area (Å²) in [4.78, 5) is 2.50. The number of nitrogens with zero attached hydrogens (tertiary/aromatic N) is 1. The molecule has 0 aromatic heterocycles. The number of rotatable bonds is 8. The lowest BCUT2D eigenvalue weighted by Crippen LogP contribution is -2.28. The summed E-state index contributed by atoms with van der Waals surface area (Å²) in [6.45, 7) is 0. The van der Waals surface area contributed by atoms with E-state index in [1.54, 1.807) is 0 Å². The highest BCUT2D eigenvalue weighted by Gasteiger charge is 2.46. The van der Waals surface area contributed by atoms with Crippen LogP contribution in [0.1, 0.15) is 65.8 Å². The first-order valence-corrected chi connectivity index (χ1v) is 21.7. The van der Waals surface area contributed by atoms with E-state index >= 15 is 0 Å². The van der Waals surface area contributed by atoms with Crippen LogP contribution in [0.25, 0.3) is 44.2 Å². The average molecular weight is 770 g/mol. The molecule has 0 amide bonds. The lowest BCUT2D eigenvalue weighted by Gasteiger charge is -2.35. The van der Waals surface area contributed by atoms with E-state index in [-0.39, 0.29) is 0 Å². The Kier molecular flexibility index (Phi) is 9.23. The number of benzene rings is 9. The smallest absolute Gasteiger partial charge is 0.0714 e. The normalized spacial score (nSPS) is 14.4. The summed E-state index contributed by atoms with van der Waals surface area (Å²) in [5.41, 5.74) is 17.1. The highest BCUT2D eigenvalue weighted by molar-refractivity contribution is 6.03. The van der Waals surface area contributed by atoms with Gasteiger partial charge in [-0.2, -0.15) is 0 Å². The first-order chi connectivity index (χ1) is 29.8. The van der Waals surface area contributed by atoms with Crippen molar-refractivity contribution < 1.29 is 0 Å². The van der Waals surface area contributed by atoms with Gasteiger partial charge in [0.15, 0.2) is 0 Å². The molecule has 288 valence electrons. The summed E-state index contributed by atoms with van der Waals surface area (Å²) in [5, 5.41) is 2.71. The van der Waals surface area contributed by atoms with E-state index in [9.17, 15) is 0 Å². The summed E-state index contributed by atoms with van der Waals surface area (Å²) in [7, 11) is 0. The molecule has 0 aliphatic heterocycles. The number of hydrogen-bond acceptors (Lipinski definition) is 1. The van der Waals surface area contributed by atoms with E-state index in [0.29, 0.717) is 5.92 Å². The molecular formula is C59H47N. The molecule has 11 rings (SSSR count). The molecule has 0 unspecified atom stereocenters. The second-order valence-corrected chi connectivity index (χ2v) is 16.6. The third kappa shape index (κ3) is 5.99. The van der Waals surface area contributed by atoms with E-state index in [2.05, 4.69) is 223 Å². The van der Waals surface area contributed by atoms with Crippen molar-refractivity contribution in [3.8, 4) is 33.4 Å². The SMILES string of the molecule is c1ccc(-c2ccc(N(c3cccc(C4(c5ccccc5)c5ccccc5-c5ccccc54)c3)c3ccccc3-c3cccc4cccc(C5CCCCC5)c34)cc2)cc1. The van der Waals surface area contributed by atoms with Gasteiger partial charge >= 0.3 is 0 Å². The van der Waals surface area contributed by atoms with Crippen molar-refractivity contribution in [1.29, 1.82) is 0 Å². The summed E-state index contributed by atoms with van der Waals surface area (Å²) < 4.78 is 0. The highest BCUT2D eigenvalue weighted by atomic mass is 15.1. The monoisotopic (exact) mass is 769 g/mol. The van der Waals surface area contributed by atoms with Crippen LogP contribution < -0.4 is 4.90 Å². The summed E-state index contributed by atoms with van der Waals surface area (Å²) in [5.74, 6) is 0.584. The quantitative estimate of drug-likeness (QED) is 0.149. The minimum absolute atomic E-state index is 0.503. The summed E-state index contributed by atoms with van der Waals surface area (Å²) in [6, 6.07) is 81.4. The molecule has 0 radical (unpaired) electrons. The number of anilines is 3. The molecule has 0 saturated heterocycles. The van der Waals surface area contributed by atoms with E-state index in [4.69, 9.17) is 0 Å². The van der Waals surface area contributed by atoms with Gasteiger partial charge in [-0.1, -0.05) is 207 Å². The first-order valence-electron chi connectivity index (χ1n) is 21.7. The van der Waals surface area contributed by atoms with Gasteiger partial charge in [-0.05, 0) is 115 Å². The van der Waals surface area contributed by atoms with Gasteiger partial charge in [0.25, 0.3) is 0 Å². The van der Waals surface area contributed by atoms with Crippen LogP contribution in [-0.2, 0) is 5.41 Å². The van der Waals surface area contributed by atoms with E-state index < -0.39 is 5.41 Å². The molecule has 0 heterocycles. The molecule has 0 atom stereocenters. The molecule has 60 heavy (non-hydrogen) atoms. The Bertz CT molecular complexity index is 2910. The molecular weight excluding hydrogens is 723 g/mol. The van der Waals surface area contributed by atoms with Crippen LogP contribution in [0.5, 0.6) is 0 Å². The standard InChI is InChI=1S/C59H47N/c1-4-19-42(20-5-1)43-37-39-48(40-38-43)60(57-36-15-12-31-53(57)54-33-17-24-45-23-16-32-50(58(45)54)44-21-6-2-7-22-44)49-28-18-27-47(41-49)59(46-25-8-3-9-26-46)55-34-13-10-29-51(55)52-30-11-14-35-56(52)59/h1,3-5,8-20,23-41,44H,2,6-7,21-22H2. The van der Waals surface area contributed by atoms with Gasteiger partial charge in [-0.3, -0.25) is 0 Å². The molecule has 1 heteroatoms. The number of hydrogen-bond donors (Lipinski definition) is 0. The predicted molar refractivity (Wildman–Crippen MR) is 253 cm³/mol. The molecule has 1 nitrogen and oxygen atoms in total. The van der Waals surface area contributed by atoms with Crippen LogP contribution >= 0.6 is 0 Å². The van der Waals surface area contributed by atoms with Crippen LogP contribution in [0.3, 0.4) is 0 Å². The molecule has 1 fully saturated rings.